The molecule has 9 aromatic rings. The van der Waals surface area contributed by atoms with Gasteiger partial charge in [-0.05, 0) is 110 Å². The number of aliphatic imine (C=N–C) groups is 1. The molecule has 5 heterocycles. The van der Waals surface area contributed by atoms with E-state index >= 15 is 0 Å². The first-order valence-electron chi connectivity index (χ1n) is 20.1. The maximum Gasteiger partial charge on any atom is 0.154 e. The Morgan fingerprint density at radius 1 is 0.576 bits per heavy atom. The number of H-pyrrole nitrogens is 1. The number of nitrogens with one attached hydrogen (secondary N) is 1. The zero-order chi connectivity index (χ0) is 40.2. The van der Waals surface area contributed by atoms with Crippen molar-refractivity contribution in [1.82, 2.24) is 29.1 Å². The number of aromatic nitrogens is 6. The Bertz CT molecular complexity index is 3350. The van der Waals surface area contributed by atoms with Crippen molar-refractivity contribution in [3.8, 4) is 33.6 Å². The van der Waals surface area contributed by atoms with Gasteiger partial charge in [0.1, 0.15) is 17.5 Å². The molecule has 2 aliphatic heterocycles. The van der Waals surface area contributed by atoms with Gasteiger partial charge in [0, 0.05) is 12.0 Å². The largest absolute Gasteiger partial charge is 0.342 e. The summed E-state index contributed by atoms with van der Waals surface area (Å²) in [7, 11) is -3.43. The lowest BCUT2D eigenvalue weighted by Gasteiger charge is -2.25. The van der Waals surface area contributed by atoms with Crippen molar-refractivity contribution >= 4 is 54.3 Å². The van der Waals surface area contributed by atoms with Crippen LogP contribution in [-0.2, 0) is 16.3 Å². The Kier molecular flexibility index (Phi) is 7.94. The third kappa shape index (κ3) is 6.09. The standard InChI is InChI=1S/C49H41N7O2S/c1-28-7-5-9-36(19-28)41-25-37-12-11-32(21-40(37)53-41)34-14-17-45-43(23-34)52-31(4)55(45)47-26-59(57,58)27-48(47)56-46-18-15-35(33-13-16-39-42(22-33)51-30(3)50-39)24-44(46)54-49(56)38-10-6-8-29(2)20-38/h5-24,47-48H,25-27H2,1-4H3,(H,50,51). The van der Waals surface area contributed by atoms with E-state index in [0.717, 1.165) is 107 Å². The summed E-state index contributed by atoms with van der Waals surface area (Å²) in [6.07, 6.45) is 0.814. The van der Waals surface area contributed by atoms with Gasteiger partial charge in [-0.15, -0.1) is 0 Å². The highest BCUT2D eigenvalue weighted by Crippen LogP contribution is 2.43. The van der Waals surface area contributed by atoms with Gasteiger partial charge < -0.3 is 14.1 Å². The summed E-state index contributed by atoms with van der Waals surface area (Å²) in [6, 6.07) is 41.4. The van der Waals surface area contributed by atoms with Crippen LogP contribution in [0.3, 0.4) is 0 Å². The van der Waals surface area contributed by atoms with Crippen LogP contribution >= 0.6 is 0 Å². The molecule has 59 heavy (non-hydrogen) atoms. The first-order chi connectivity index (χ1) is 28.5. The van der Waals surface area contributed by atoms with Gasteiger partial charge >= 0.3 is 0 Å². The second kappa shape index (κ2) is 13.2. The highest BCUT2D eigenvalue weighted by Gasteiger charge is 2.43. The summed E-state index contributed by atoms with van der Waals surface area (Å²) in [5.74, 6) is 2.41. The summed E-state index contributed by atoms with van der Waals surface area (Å²) >= 11 is 0. The number of imidazole rings is 3. The van der Waals surface area contributed by atoms with Crippen molar-refractivity contribution in [3.63, 3.8) is 0 Å². The maximum atomic E-state index is 13.9. The highest BCUT2D eigenvalue weighted by molar-refractivity contribution is 7.91. The van der Waals surface area contributed by atoms with E-state index in [4.69, 9.17) is 15.0 Å². The molecular formula is C49H41N7O2S. The molecule has 0 bridgehead atoms. The summed E-state index contributed by atoms with van der Waals surface area (Å²) in [5.41, 5.74) is 17.3. The Balaban J connectivity index is 1.00. The van der Waals surface area contributed by atoms with E-state index in [2.05, 4.69) is 142 Å². The zero-order valence-electron chi connectivity index (χ0n) is 33.2. The fourth-order valence-corrected chi connectivity index (χ4v) is 11.3. The second-order valence-corrected chi connectivity index (χ2v) is 18.5. The van der Waals surface area contributed by atoms with E-state index in [1.165, 1.54) is 11.1 Å². The van der Waals surface area contributed by atoms with Crippen molar-refractivity contribution in [2.45, 2.75) is 46.2 Å². The third-order valence-electron chi connectivity index (χ3n) is 12.1. The minimum Gasteiger partial charge on any atom is -0.342 e. The fraction of sp³-hybridized carbons (Fsp3) is 0.184. The van der Waals surface area contributed by atoms with E-state index in [9.17, 15) is 8.42 Å². The molecule has 11 rings (SSSR count). The minimum atomic E-state index is -3.43. The normalized spacial score (nSPS) is 17.3. The van der Waals surface area contributed by atoms with Gasteiger partial charge in [0.15, 0.2) is 9.84 Å². The number of fused-ring (bicyclic) bond motifs is 4. The molecule has 2 unspecified atom stereocenters. The SMILES string of the molecule is Cc1cccc(C2=Nc3cc(-c4ccc5c(c4)nc(C)n5C4CS(=O)(=O)CC4n4c(-c5cccc(C)c5)nc5cc(-c6ccc7nc(C)[nH]c7c6)ccc54)ccc3C2)c1. The van der Waals surface area contributed by atoms with Crippen LogP contribution in [0.25, 0.3) is 66.7 Å². The number of rotatable bonds is 6. The van der Waals surface area contributed by atoms with E-state index in [1.807, 2.05) is 26.0 Å². The Hall–Kier alpha value is -6.65. The number of benzene rings is 6. The Labute approximate surface area is 342 Å². The van der Waals surface area contributed by atoms with Crippen molar-refractivity contribution in [3.05, 3.63) is 155 Å². The van der Waals surface area contributed by atoms with Gasteiger partial charge in [0.05, 0.1) is 68.1 Å². The topological polar surface area (TPSA) is 111 Å². The Morgan fingerprint density at radius 3 is 1.93 bits per heavy atom. The maximum absolute atomic E-state index is 13.9. The predicted octanol–water partition coefficient (Wildman–Crippen LogP) is 10.4. The number of aryl methyl sites for hydroxylation is 4. The molecule has 2 aliphatic rings. The van der Waals surface area contributed by atoms with E-state index in [0.29, 0.717) is 0 Å². The van der Waals surface area contributed by atoms with Crippen LogP contribution in [0.15, 0.2) is 126 Å². The molecular weight excluding hydrogens is 751 g/mol. The van der Waals surface area contributed by atoms with E-state index in [1.54, 1.807) is 0 Å². The van der Waals surface area contributed by atoms with Crippen molar-refractivity contribution < 1.29 is 8.42 Å². The molecule has 0 radical (unpaired) electrons. The molecule has 3 aromatic heterocycles. The van der Waals surface area contributed by atoms with E-state index in [-0.39, 0.29) is 11.5 Å². The van der Waals surface area contributed by atoms with Crippen molar-refractivity contribution in [2.24, 2.45) is 4.99 Å². The first-order valence-corrected chi connectivity index (χ1v) is 21.9. The molecule has 6 aromatic carbocycles. The molecule has 0 aliphatic carbocycles. The monoisotopic (exact) mass is 791 g/mol. The van der Waals surface area contributed by atoms with Crippen LogP contribution in [0.5, 0.6) is 0 Å². The Morgan fingerprint density at radius 2 is 1.19 bits per heavy atom. The third-order valence-corrected chi connectivity index (χ3v) is 13.8. The molecule has 290 valence electrons. The van der Waals surface area contributed by atoms with Gasteiger partial charge in [-0.2, -0.15) is 0 Å². The van der Waals surface area contributed by atoms with Crippen LogP contribution in [0, 0.1) is 27.7 Å². The fourth-order valence-electron chi connectivity index (χ4n) is 9.39. The summed E-state index contributed by atoms with van der Waals surface area (Å²) in [5, 5.41) is 0. The van der Waals surface area contributed by atoms with Crippen molar-refractivity contribution in [1.29, 1.82) is 0 Å². The minimum absolute atomic E-state index is 0.00306. The molecule has 1 fully saturated rings. The van der Waals surface area contributed by atoms with Crippen molar-refractivity contribution in [2.75, 3.05) is 11.5 Å². The van der Waals surface area contributed by atoms with Gasteiger partial charge in [0.2, 0.25) is 0 Å². The van der Waals surface area contributed by atoms with Crippen LogP contribution in [0.4, 0.5) is 5.69 Å². The molecule has 9 nitrogen and oxygen atoms in total. The van der Waals surface area contributed by atoms with Gasteiger partial charge in [-0.25, -0.2) is 23.4 Å². The molecule has 0 amide bonds. The molecule has 0 spiro atoms. The average molecular weight is 792 g/mol. The summed E-state index contributed by atoms with van der Waals surface area (Å²) in [6.45, 7) is 8.12. The smallest absolute Gasteiger partial charge is 0.154 e. The van der Waals surface area contributed by atoms with Crippen LogP contribution in [0.2, 0.25) is 0 Å². The molecule has 1 saturated heterocycles. The number of nitrogens with zero attached hydrogens (tertiary/aromatic N) is 6. The first kappa shape index (κ1) is 35.5. The lowest BCUT2D eigenvalue weighted by molar-refractivity contribution is 0.411. The molecule has 0 saturated carbocycles. The molecule has 1 N–H and O–H groups in total. The number of hydrogen-bond acceptors (Lipinski definition) is 6. The number of hydrogen-bond donors (Lipinski definition) is 1. The quantitative estimate of drug-likeness (QED) is 0.180. The predicted molar refractivity (Wildman–Crippen MR) is 237 cm³/mol. The van der Waals surface area contributed by atoms with Crippen LogP contribution < -0.4 is 0 Å². The lowest BCUT2D eigenvalue weighted by Crippen LogP contribution is -2.23. The second-order valence-electron chi connectivity index (χ2n) is 16.3. The number of sulfone groups is 1. The number of aromatic amines is 1. The van der Waals surface area contributed by atoms with Gasteiger partial charge in [-0.1, -0.05) is 83.9 Å². The summed E-state index contributed by atoms with van der Waals surface area (Å²) in [4.78, 5) is 23.3. The van der Waals surface area contributed by atoms with Gasteiger partial charge in [-0.3, -0.25) is 4.99 Å². The average Bonchev–Trinajstić information content (AvgIpc) is 4.03. The molecule has 2 atom stereocenters. The van der Waals surface area contributed by atoms with Crippen LogP contribution in [-0.4, -0.2) is 54.7 Å². The van der Waals surface area contributed by atoms with Gasteiger partial charge in [0.25, 0.3) is 0 Å². The summed E-state index contributed by atoms with van der Waals surface area (Å²) < 4.78 is 32.0. The zero-order valence-corrected chi connectivity index (χ0v) is 34.0. The lowest BCUT2D eigenvalue weighted by atomic mass is 9.99. The highest BCUT2D eigenvalue weighted by atomic mass is 32.2. The van der Waals surface area contributed by atoms with E-state index < -0.39 is 21.9 Å². The molecule has 10 heteroatoms. The van der Waals surface area contributed by atoms with Crippen LogP contribution in [0.1, 0.15) is 46.0 Å².